The van der Waals surface area contributed by atoms with Crippen LogP contribution in [0.25, 0.3) is 0 Å². The molecule has 0 spiro atoms. The number of hydrogen-bond donors (Lipinski definition) is 1. The SMILES string of the molecule is CC[C@H]1C[C@@](CCO)(CC(C)C)N(CCC(C)C)O1. The first kappa shape index (κ1) is 16.9. The molecule has 0 radical (unpaired) electrons. The third-order valence-corrected chi connectivity index (χ3v) is 4.14. The van der Waals surface area contributed by atoms with Crippen molar-refractivity contribution in [3.8, 4) is 0 Å². The summed E-state index contributed by atoms with van der Waals surface area (Å²) in [5, 5.41) is 11.7. The molecule has 0 amide bonds. The summed E-state index contributed by atoms with van der Waals surface area (Å²) in [6.45, 7) is 12.5. The van der Waals surface area contributed by atoms with Crippen molar-refractivity contribution in [1.82, 2.24) is 5.06 Å². The highest BCUT2D eigenvalue weighted by Crippen LogP contribution is 2.40. The van der Waals surface area contributed by atoms with Crippen LogP contribution in [0.2, 0.25) is 0 Å². The lowest BCUT2D eigenvalue weighted by Crippen LogP contribution is -2.45. The van der Waals surface area contributed by atoms with Crippen molar-refractivity contribution < 1.29 is 9.94 Å². The summed E-state index contributed by atoms with van der Waals surface area (Å²) < 4.78 is 0. The normalized spacial score (nSPS) is 28.7. The van der Waals surface area contributed by atoms with Crippen LogP contribution in [0.3, 0.4) is 0 Å². The number of hydrogen-bond acceptors (Lipinski definition) is 3. The van der Waals surface area contributed by atoms with Crippen molar-refractivity contribution in [2.45, 2.75) is 78.4 Å². The van der Waals surface area contributed by atoms with Gasteiger partial charge in [0.25, 0.3) is 0 Å². The molecule has 3 heteroatoms. The number of rotatable bonds is 8. The van der Waals surface area contributed by atoms with E-state index < -0.39 is 0 Å². The number of nitrogens with zero attached hydrogens (tertiary/aromatic N) is 1. The standard InChI is InChI=1S/C16H33NO2/c1-6-15-12-16(8-10-18,11-14(4)5)17(19-15)9-7-13(2)3/h13-15,18H,6-12H2,1-5H3/t15-,16+/m0/s1. The van der Waals surface area contributed by atoms with Crippen LogP contribution in [-0.2, 0) is 4.84 Å². The molecule has 0 aromatic rings. The summed E-state index contributed by atoms with van der Waals surface area (Å²) >= 11 is 0. The van der Waals surface area contributed by atoms with E-state index in [1.807, 2.05) is 0 Å². The number of hydroxylamine groups is 2. The molecule has 0 saturated carbocycles. The zero-order valence-electron chi connectivity index (χ0n) is 13.5. The first-order chi connectivity index (χ1) is 8.93. The van der Waals surface area contributed by atoms with Gasteiger partial charge in [-0.2, -0.15) is 5.06 Å². The Balaban J connectivity index is 2.80. The van der Waals surface area contributed by atoms with E-state index in [2.05, 4.69) is 39.7 Å². The quantitative estimate of drug-likeness (QED) is 0.732. The monoisotopic (exact) mass is 271 g/mol. The van der Waals surface area contributed by atoms with Crippen LogP contribution in [0.4, 0.5) is 0 Å². The number of aliphatic hydroxyl groups excluding tert-OH is 1. The molecule has 1 rings (SSSR count). The molecule has 1 fully saturated rings. The molecule has 2 atom stereocenters. The lowest BCUT2D eigenvalue weighted by molar-refractivity contribution is -0.195. The first-order valence-corrected chi connectivity index (χ1v) is 7.98. The third kappa shape index (κ3) is 4.73. The zero-order chi connectivity index (χ0) is 14.5. The molecule has 0 aliphatic carbocycles. The van der Waals surface area contributed by atoms with E-state index >= 15 is 0 Å². The van der Waals surface area contributed by atoms with Crippen LogP contribution < -0.4 is 0 Å². The average molecular weight is 271 g/mol. The van der Waals surface area contributed by atoms with Gasteiger partial charge in [-0.25, -0.2) is 0 Å². The molecular formula is C16H33NO2. The molecule has 1 heterocycles. The topological polar surface area (TPSA) is 32.7 Å². The maximum Gasteiger partial charge on any atom is 0.0809 e. The Bertz CT molecular complexity index is 255. The lowest BCUT2D eigenvalue weighted by atomic mass is 9.81. The molecule has 1 aliphatic rings. The predicted molar refractivity (Wildman–Crippen MR) is 79.8 cm³/mol. The Morgan fingerprint density at radius 3 is 2.42 bits per heavy atom. The molecular weight excluding hydrogens is 238 g/mol. The summed E-state index contributed by atoms with van der Waals surface area (Å²) in [6, 6.07) is 0. The molecule has 1 aliphatic heterocycles. The largest absolute Gasteiger partial charge is 0.396 e. The molecule has 0 aromatic heterocycles. The van der Waals surface area contributed by atoms with Crippen LogP contribution in [-0.4, -0.2) is 35.0 Å². The van der Waals surface area contributed by atoms with Crippen LogP contribution in [0.1, 0.15) is 66.7 Å². The summed E-state index contributed by atoms with van der Waals surface area (Å²) in [5.41, 5.74) is 0.0541. The fraction of sp³-hybridized carbons (Fsp3) is 1.00. The maximum atomic E-state index is 9.48. The minimum atomic E-state index is 0.0541. The smallest absolute Gasteiger partial charge is 0.0809 e. The molecule has 3 nitrogen and oxygen atoms in total. The summed E-state index contributed by atoms with van der Waals surface area (Å²) in [7, 11) is 0. The van der Waals surface area contributed by atoms with E-state index in [-0.39, 0.29) is 12.1 Å². The average Bonchev–Trinajstić information content (AvgIpc) is 2.64. The van der Waals surface area contributed by atoms with E-state index in [1.165, 1.54) is 0 Å². The van der Waals surface area contributed by atoms with E-state index in [1.54, 1.807) is 0 Å². The number of aliphatic hydroxyl groups is 1. The molecule has 114 valence electrons. The van der Waals surface area contributed by atoms with Gasteiger partial charge in [-0.1, -0.05) is 34.6 Å². The van der Waals surface area contributed by atoms with Crippen molar-refractivity contribution >= 4 is 0 Å². The van der Waals surface area contributed by atoms with Gasteiger partial charge >= 0.3 is 0 Å². The third-order valence-electron chi connectivity index (χ3n) is 4.14. The van der Waals surface area contributed by atoms with Gasteiger partial charge in [0.2, 0.25) is 0 Å². The van der Waals surface area contributed by atoms with Gasteiger partial charge in [-0.05, 0) is 43.9 Å². The predicted octanol–water partition coefficient (Wildman–Crippen LogP) is 3.62. The Kier molecular flexibility index (Phi) is 6.78. The minimum absolute atomic E-state index is 0.0541. The van der Waals surface area contributed by atoms with Gasteiger partial charge in [0, 0.05) is 13.2 Å². The highest BCUT2D eigenvalue weighted by molar-refractivity contribution is 4.94. The van der Waals surface area contributed by atoms with Crippen molar-refractivity contribution in [3.05, 3.63) is 0 Å². The molecule has 0 unspecified atom stereocenters. The first-order valence-electron chi connectivity index (χ1n) is 7.98. The Morgan fingerprint density at radius 1 is 1.26 bits per heavy atom. The second kappa shape index (κ2) is 7.61. The molecule has 0 aromatic carbocycles. The minimum Gasteiger partial charge on any atom is -0.396 e. The second-order valence-electron chi connectivity index (χ2n) is 6.92. The van der Waals surface area contributed by atoms with Gasteiger partial charge in [0.05, 0.1) is 11.6 Å². The zero-order valence-corrected chi connectivity index (χ0v) is 13.5. The highest BCUT2D eigenvalue weighted by Gasteiger charge is 2.45. The van der Waals surface area contributed by atoms with Crippen molar-refractivity contribution in [1.29, 1.82) is 0 Å². The summed E-state index contributed by atoms with van der Waals surface area (Å²) in [6.07, 6.45) is 5.56. The molecule has 1 N–H and O–H groups in total. The highest BCUT2D eigenvalue weighted by atomic mass is 16.7. The summed E-state index contributed by atoms with van der Waals surface area (Å²) in [4.78, 5) is 6.15. The van der Waals surface area contributed by atoms with Crippen molar-refractivity contribution in [2.24, 2.45) is 11.8 Å². The fourth-order valence-electron chi connectivity index (χ4n) is 3.22. The van der Waals surface area contributed by atoms with Gasteiger partial charge in [-0.15, -0.1) is 0 Å². The van der Waals surface area contributed by atoms with Crippen molar-refractivity contribution in [3.63, 3.8) is 0 Å². The van der Waals surface area contributed by atoms with E-state index in [9.17, 15) is 5.11 Å². The van der Waals surface area contributed by atoms with Gasteiger partial charge < -0.3 is 5.11 Å². The van der Waals surface area contributed by atoms with Crippen LogP contribution in [0.15, 0.2) is 0 Å². The maximum absolute atomic E-state index is 9.48. The molecule has 0 bridgehead atoms. The fourth-order valence-corrected chi connectivity index (χ4v) is 3.22. The Hall–Kier alpha value is -0.120. The van der Waals surface area contributed by atoms with E-state index in [0.717, 1.165) is 38.6 Å². The van der Waals surface area contributed by atoms with E-state index in [0.29, 0.717) is 17.9 Å². The molecule has 19 heavy (non-hydrogen) atoms. The van der Waals surface area contributed by atoms with Crippen LogP contribution in [0, 0.1) is 11.8 Å². The van der Waals surface area contributed by atoms with Gasteiger partial charge in [-0.3, -0.25) is 4.84 Å². The lowest BCUT2D eigenvalue weighted by Gasteiger charge is -2.38. The van der Waals surface area contributed by atoms with E-state index in [4.69, 9.17) is 4.84 Å². The Labute approximate surface area is 119 Å². The van der Waals surface area contributed by atoms with Crippen LogP contribution in [0.5, 0.6) is 0 Å². The second-order valence-corrected chi connectivity index (χ2v) is 6.92. The van der Waals surface area contributed by atoms with Gasteiger partial charge in [0.15, 0.2) is 0 Å². The van der Waals surface area contributed by atoms with Gasteiger partial charge in [0.1, 0.15) is 0 Å². The molecule has 1 saturated heterocycles. The van der Waals surface area contributed by atoms with Crippen molar-refractivity contribution in [2.75, 3.05) is 13.2 Å². The van der Waals surface area contributed by atoms with Crippen LogP contribution >= 0.6 is 0 Å². The summed E-state index contributed by atoms with van der Waals surface area (Å²) in [5.74, 6) is 1.32. The Morgan fingerprint density at radius 2 is 1.95 bits per heavy atom.